The van der Waals surface area contributed by atoms with Gasteiger partial charge in [0.05, 0.1) is 16.5 Å². The maximum Gasteiger partial charge on any atom is 0.246 e. The van der Waals surface area contributed by atoms with Gasteiger partial charge in [0.25, 0.3) is 0 Å². The molecule has 0 saturated carbocycles. The van der Waals surface area contributed by atoms with Crippen molar-refractivity contribution in [3.8, 4) is 5.75 Å². The highest BCUT2D eigenvalue weighted by Gasteiger charge is 2.35. The number of benzene rings is 1. The SMILES string of the molecule is Cc1nnc([C@H]2CN(S(=O)(=O)c3cc(Cl)c4c(c3)C[C@H](C)O4)CCO2)o1. The highest BCUT2D eigenvalue weighted by Crippen LogP contribution is 2.39. The molecule has 0 aliphatic carbocycles. The highest BCUT2D eigenvalue weighted by molar-refractivity contribution is 7.89. The molecule has 2 aromatic rings. The average molecular weight is 400 g/mol. The molecule has 1 aromatic carbocycles. The van der Waals surface area contributed by atoms with E-state index in [4.69, 9.17) is 25.5 Å². The van der Waals surface area contributed by atoms with E-state index in [0.717, 1.165) is 5.56 Å². The Balaban J connectivity index is 1.62. The van der Waals surface area contributed by atoms with Crippen LogP contribution in [-0.4, -0.2) is 48.7 Å². The monoisotopic (exact) mass is 399 g/mol. The van der Waals surface area contributed by atoms with E-state index < -0.39 is 16.1 Å². The maximum absolute atomic E-state index is 13.1. The van der Waals surface area contributed by atoms with E-state index in [9.17, 15) is 8.42 Å². The highest BCUT2D eigenvalue weighted by atomic mass is 35.5. The average Bonchev–Trinajstić information content (AvgIpc) is 3.20. The summed E-state index contributed by atoms with van der Waals surface area (Å²) >= 11 is 6.25. The number of rotatable bonds is 3. The minimum Gasteiger partial charge on any atom is -0.489 e. The van der Waals surface area contributed by atoms with Crippen LogP contribution < -0.4 is 4.74 Å². The van der Waals surface area contributed by atoms with Crippen LogP contribution in [0.4, 0.5) is 0 Å². The molecular formula is C16H18ClN3O5S. The third-order valence-electron chi connectivity index (χ3n) is 4.40. The number of morpholine rings is 1. The topological polar surface area (TPSA) is 94.8 Å². The van der Waals surface area contributed by atoms with E-state index in [1.54, 1.807) is 13.0 Å². The van der Waals surface area contributed by atoms with Gasteiger partial charge in [-0.25, -0.2) is 8.42 Å². The molecule has 140 valence electrons. The van der Waals surface area contributed by atoms with Crippen LogP contribution in [0, 0.1) is 6.92 Å². The third-order valence-corrected chi connectivity index (χ3v) is 6.53. The number of hydrogen-bond acceptors (Lipinski definition) is 7. The standard InChI is InChI=1S/C16H18ClN3O5S/c1-9-5-11-6-12(7-13(17)15(11)24-9)26(21,22)20-3-4-23-14(8-20)16-19-18-10(2)25-16/h6-7,9,14H,3-5,8H2,1-2H3/t9-,14+/m0/s1. The fraction of sp³-hybridized carbons (Fsp3) is 0.500. The summed E-state index contributed by atoms with van der Waals surface area (Å²) < 4.78 is 44.2. The molecule has 1 fully saturated rings. The predicted octanol–water partition coefficient (Wildman–Crippen LogP) is 2.12. The molecule has 8 nitrogen and oxygen atoms in total. The van der Waals surface area contributed by atoms with Crippen molar-refractivity contribution in [1.82, 2.24) is 14.5 Å². The summed E-state index contributed by atoms with van der Waals surface area (Å²) in [6.45, 7) is 4.18. The molecule has 0 amide bonds. The second-order valence-electron chi connectivity index (χ2n) is 6.41. The lowest BCUT2D eigenvalue weighted by atomic mass is 10.1. The van der Waals surface area contributed by atoms with Crippen molar-refractivity contribution in [2.24, 2.45) is 0 Å². The van der Waals surface area contributed by atoms with Crippen LogP contribution in [0.1, 0.15) is 30.4 Å². The number of nitrogens with zero attached hydrogens (tertiary/aromatic N) is 3. The zero-order valence-corrected chi connectivity index (χ0v) is 15.9. The summed E-state index contributed by atoms with van der Waals surface area (Å²) in [4.78, 5) is 0.154. The van der Waals surface area contributed by atoms with Crippen molar-refractivity contribution in [2.45, 2.75) is 37.4 Å². The molecule has 10 heteroatoms. The van der Waals surface area contributed by atoms with Crippen molar-refractivity contribution < 1.29 is 22.3 Å². The molecule has 0 radical (unpaired) electrons. The van der Waals surface area contributed by atoms with Crippen LogP contribution in [0.15, 0.2) is 21.4 Å². The normalized spacial score (nSPS) is 23.7. The molecule has 1 saturated heterocycles. The molecular weight excluding hydrogens is 382 g/mol. The molecule has 0 spiro atoms. The van der Waals surface area contributed by atoms with Crippen molar-refractivity contribution in [2.75, 3.05) is 19.7 Å². The van der Waals surface area contributed by atoms with E-state index >= 15 is 0 Å². The summed E-state index contributed by atoms with van der Waals surface area (Å²) in [5.41, 5.74) is 0.806. The summed E-state index contributed by atoms with van der Waals surface area (Å²) in [6.07, 6.45) is 0.0211. The summed E-state index contributed by atoms with van der Waals surface area (Å²) in [6, 6.07) is 3.08. The first kappa shape index (κ1) is 17.7. The van der Waals surface area contributed by atoms with Gasteiger partial charge >= 0.3 is 0 Å². The summed E-state index contributed by atoms with van der Waals surface area (Å²) in [7, 11) is -3.73. The van der Waals surface area contributed by atoms with Crippen molar-refractivity contribution >= 4 is 21.6 Å². The number of fused-ring (bicyclic) bond motifs is 1. The minimum atomic E-state index is -3.73. The van der Waals surface area contributed by atoms with Gasteiger partial charge in [0, 0.05) is 32.0 Å². The molecule has 0 bridgehead atoms. The van der Waals surface area contributed by atoms with E-state index in [0.29, 0.717) is 23.1 Å². The van der Waals surface area contributed by atoms with Crippen LogP contribution in [-0.2, 0) is 21.2 Å². The van der Waals surface area contributed by atoms with Gasteiger partial charge < -0.3 is 13.9 Å². The van der Waals surface area contributed by atoms with Crippen LogP contribution >= 0.6 is 11.6 Å². The Morgan fingerprint density at radius 3 is 2.85 bits per heavy atom. The van der Waals surface area contributed by atoms with Crippen LogP contribution in [0.25, 0.3) is 0 Å². The van der Waals surface area contributed by atoms with Crippen molar-refractivity contribution in [3.63, 3.8) is 0 Å². The molecule has 26 heavy (non-hydrogen) atoms. The molecule has 2 aliphatic rings. The number of hydrogen-bond donors (Lipinski definition) is 0. The fourth-order valence-electron chi connectivity index (χ4n) is 3.19. The van der Waals surface area contributed by atoms with Gasteiger partial charge in [0.2, 0.25) is 21.8 Å². The Kier molecular flexibility index (Phi) is 4.42. The van der Waals surface area contributed by atoms with Crippen LogP contribution in [0.2, 0.25) is 5.02 Å². The molecule has 3 heterocycles. The Bertz CT molecular complexity index is 945. The van der Waals surface area contributed by atoms with Gasteiger partial charge in [0.15, 0.2) is 0 Å². The summed E-state index contributed by atoms with van der Waals surface area (Å²) in [5.74, 6) is 1.25. The number of sulfonamides is 1. The number of halogens is 1. The second-order valence-corrected chi connectivity index (χ2v) is 8.75. The maximum atomic E-state index is 13.1. The Hall–Kier alpha value is -1.68. The lowest BCUT2D eigenvalue weighted by Gasteiger charge is -2.30. The van der Waals surface area contributed by atoms with Gasteiger partial charge in [0.1, 0.15) is 18.0 Å². The number of aryl methyl sites for hydroxylation is 1. The Morgan fingerprint density at radius 1 is 1.31 bits per heavy atom. The molecule has 2 aliphatic heterocycles. The zero-order chi connectivity index (χ0) is 18.5. The van der Waals surface area contributed by atoms with Crippen molar-refractivity contribution in [3.05, 3.63) is 34.5 Å². The smallest absolute Gasteiger partial charge is 0.246 e. The predicted molar refractivity (Wildman–Crippen MR) is 91.7 cm³/mol. The van der Waals surface area contributed by atoms with E-state index in [1.807, 2.05) is 6.92 Å². The van der Waals surface area contributed by atoms with Gasteiger partial charge in [-0.15, -0.1) is 10.2 Å². The Labute approximate surface area is 156 Å². The lowest BCUT2D eigenvalue weighted by Crippen LogP contribution is -2.42. The first-order valence-corrected chi connectivity index (χ1v) is 10.1. The van der Waals surface area contributed by atoms with Crippen LogP contribution in [0.5, 0.6) is 5.75 Å². The van der Waals surface area contributed by atoms with Crippen LogP contribution in [0.3, 0.4) is 0 Å². The van der Waals surface area contributed by atoms with Crippen molar-refractivity contribution in [1.29, 1.82) is 0 Å². The van der Waals surface area contributed by atoms with Gasteiger partial charge in [-0.2, -0.15) is 4.31 Å². The lowest BCUT2D eigenvalue weighted by molar-refractivity contribution is -0.0176. The molecule has 1 aromatic heterocycles. The molecule has 0 unspecified atom stereocenters. The third kappa shape index (κ3) is 3.09. The number of ether oxygens (including phenoxy) is 2. The minimum absolute atomic E-state index is 0.0195. The van der Waals surface area contributed by atoms with E-state index in [2.05, 4.69) is 10.2 Å². The van der Waals surface area contributed by atoms with E-state index in [-0.39, 0.29) is 36.6 Å². The first-order chi connectivity index (χ1) is 12.3. The Morgan fingerprint density at radius 2 is 2.12 bits per heavy atom. The first-order valence-electron chi connectivity index (χ1n) is 8.25. The van der Waals surface area contributed by atoms with Gasteiger partial charge in [-0.3, -0.25) is 0 Å². The van der Waals surface area contributed by atoms with Gasteiger partial charge in [-0.1, -0.05) is 11.6 Å². The molecule has 0 N–H and O–H groups in total. The van der Waals surface area contributed by atoms with E-state index in [1.165, 1.54) is 10.4 Å². The number of aromatic nitrogens is 2. The molecule has 2 atom stereocenters. The fourth-order valence-corrected chi connectivity index (χ4v) is 5.04. The second kappa shape index (κ2) is 6.49. The molecule has 4 rings (SSSR count). The van der Waals surface area contributed by atoms with Gasteiger partial charge in [-0.05, 0) is 19.1 Å². The summed E-state index contributed by atoms with van der Waals surface area (Å²) in [5, 5.41) is 8.00. The largest absolute Gasteiger partial charge is 0.489 e. The quantitative estimate of drug-likeness (QED) is 0.780. The zero-order valence-electron chi connectivity index (χ0n) is 14.3.